The van der Waals surface area contributed by atoms with Crippen LogP contribution in [-0.2, 0) is 6.42 Å². The summed E-state index contributed by atoms with van der Waals surface area (Å²) >= 11 is 3.45. The molecule has 1 saturated heterocycles. The Kier molecular flexibility index (Phi) is 4.91. The summed E-state index contributed by atoms with van der Waals surface area (Å²) in [6.07, 6.45) is 3.56. The summed E-state index contributed by atoms with van der Waals surface area (Å²) in [5.74, 6) is 0.156. The zero-order chi connectivity index (χ0) is 17.2. The maximum absolute atomic E-state index is 13.1. The number of rotatable bonds is 4. The second-order valence-corrected chi connectivity index (χ2v) is 7.99. The van der Waals surface area contributed by atoms with Crippen LogP contribution >= 0.6 is 15.9 Å². The fraction of sp³-hybridized carbons (Fsp3) is 0.381. The highest BCUT2D eigenvalue weighted by molar-refractivity contribution is 9.10. The van der Waals surface area contributed by atoms with Crippen LogP contribution < -0.4 is 0 Å². The van der Waals surface area contributed by atoms with E-state index in [1.165, 1.54) is 18.4 Å². The fourth-order valence-corrected chi connectivity index (χ4v) is 4.00. The van der Waals surface area contributed by atoms with Gasteiger partial charge in [-0.2, -0.15) is 0 Å². The maximum Gasteiger partial charge on any atom is 0.254 e. The third-order valence-corrected chi connectivity index (χ3v) is 5.77. The molecule has 0 N–H and O–H groups in total. The van der Waals surface area contributed by atoms with Gasteiger partial charge < -0.3 is 4.90 Å². The molecule has 4 rings (SSSR count). The summed E-state index contributed by atoms with van der Waals surface area (Å²) in [5.41, 5.74) is 2.08. The normalized spacial score (nSPS) is 21.3. The predicted octanol–water partition coefficient (Wildman–Crippen LogP) is 3.98. The quantitative estimate of drug-likeness (QED) is 0.777. The van der Waals surface area contributed by atoms with E-state index in [4.69, 9.17) is 0 Å². The second kappa shape index (κ2) is 7.30. The highest BCUT2D eigenvalue weighted by Gasteiger charge is 2.37. The first-order valence-electron chi connectivity index (χ1n) is 9.05. The van der Waals surface area contributed by atoms with Crippen molar-refractivity contribution in [3.8, 4) is 0 Å². The number of carbonyl (C=O) groups excluding carboxylic acids is 1. The summed E-state index contributed by atoms with van der Waals surface area (Å²) in [6.45, 7) is 2.81. The largest absolute Gasteiger partial charge is 0.333 e. The first kappa shape index (κ1) is 16.8. The third kappa shape index (κ3) is 3.96. The molecule has 1 atom stereocenters. The minimum Gasteiger partial charge on any atom is -0.333 e. The molecule has 4 heteroatoms. The van der Waals surface area contributed by atoms with Gasteiger partial charge >= 0.3 is 0 Å². The van der Waals surface area contributed by atoms with Crippen LogP contribution in [0.25, 0.3) is 0 Å². The minimum absolute atomic E-state index is 0.156. The molecule has 130 valence electrons. The molecule has 1 aliphatic heterocycles. The van der Waals surface area contributed by atoms with E-state index in [-0.39, 0.29) is 11.9 Å². The molecule has 2 aliphatic rings. The molecule has 2 aromatic carbocycles. The molecule has 25 heavy (non-hydrogen) atoms. The molecule has 0 spiro atoms. The van der Waals surface area contributed by atoms with Gasteiger partial charge in [0.2, 0.25) is 0 Å². The lowest BCUT2D eigenvalue weighted by Crippen LogP contribution is -2.56. The Bertz CT molecular complexity index is 727. The number of piperazine rings is 1. The van der Waals surface area contributed by atoms with E-state index in [1.807, 2.05) is 30.3 Å². The van der Waals surface area contributed by atoms with Crippen molar-refractivity contribution >= 4 is 21.8 Å². The molecule has 3 nitrogen and oxygen atoms in total. The molecule has 2 aromatic rings. The zero-order valence-corrected chi connectivity index (χ0v) is 15.9. The van der Waals surface area contributed by atoms with Crippen LogP contribution in [0.5, 0.6) is 0 Å². The van der Waals surface area contributed by atoms with Gasteiger partial charge in [-0.3, -0.25) is 9.69 Å². The number of hydrogen-bond donors (Lipinski definition) is 0. The Morgan fingerprint density at radius 1 is 1.00 bits per heavy atom. The smallest absolute Gasteiger partial charge is 0.254 e. The van der Waals surface area contributed by atoms with E-state index in [0.29, 0.717) is 0 Å². The summed E-state index contributed by atoms with van der Waals surface area (Å²) in [7, 11) is 0. The summed E-state index contributed by atoms with van der Waals surface area (Å²) in [5, 5.41) is 0. The first-order chi connectivity index (χ1) is 12.2. The Labute approximate surface area is 157 Å². The third-order valence-electron chi connectivity index (χ3n) is 5.24. The van der Waals surface area contributed by atoms with Gasteiger partial charge in [0.15, 0.2) is 0 Å². The number of carbonyl (C=O) groups is 1. The number of halogens is 1. The maximum atomic E-state index is 13.1. The van der Waals surface area contributed by atoms with Crippen LogP contribution in [0.2, 0.25) is 0 Å². The number of nitrogens with zero attached hydrogens (tertiary/aromatic N) is 2. The van der Waals surface area contributed by atoms with Gasteiger partial charge in [0.1, 0.15) is 0 Å². The van der Waals surface area contributed by atoms with E-state index in [1.54, 1.807) is 0 Å². The second-order valence-electron chi connectivity index (χ2n) is 7.08. The average molecular weight is 399 g/mol. The summed E-state index contributed by atoms with van der Waals surface area (Å²) in [4.78, 5) is 17.8. The van der Waals surface area contributed by atoms with Gasteiger partial charge in [-0.25, -0.2) is 0 Å². The SMILES string of the molecule is O=C(c1ccc(Br)cc1)N1CCN(C2CC2)CC1Cc1ccccc1. The van der Waals surface area contributed by atoms with Crippen molar-refractivity contribution in [2.75, 3.05) is 19.6 Å². The van der Waals surface area contributed by atoms with Crippen LogP contribution in [0.4, 0.5) is 0 Å². The Morgan fingerprint density at radius 2 is 1.72 bits per heavy atom. The van der Waals surface area contributed by atoms with Crippen molar-refractivity contribution in [2.24, 2.45) is 0 Å². The van der Waals surface area contributed by atoms with E-state index in [2.05, 4.69) is 50.0 Å². The van der Waals surface area contributed by atoms with Crippen LogP contribution in [0.1, 0.15) is 28.8 Å². The average Bonchev–Trinajstić information content (AvgIpc) is 3.48. The first-order valence-corrected chi connectivity index (χ1v) is 9.84. The van der Waals surface area contributed by atoms with Crippen molar-refractivity contribution in [1.82, 2.24) is 9.80 Å². The molecule has 1 unspecified atom stereocenters. The van der Waals surface area contributed by atoms with Gasteiger partial charge in [0.05, 0.1) is 0 Å². The van der Waals surface area contributed by atoms with Crippen molar-refractivity contribution < 1.29 is 4.79 Å². The predicted molar refractivity (Wildman–Crippen MR) is 104 cm³/mol. The van der Waals surface area contributed by atoms with Crippen LogP contribution in [0, 0.1) is 0 Å². The zero-order valence-electron chi connectivity index (χ0n) is 14.3. The van der Waals surface area contributed by atoms with E-state index >= 15 is 0 Å². The fourth-order valence-electron chi connectivity index (χ4n) is 3.74. The van der Waals surface area contributed by atoms with Gasteiger partial charge in [-0.1, -0.05) is 46.3 Å². The lowest BCUT2D eigenvalue weighted by Gasteiger charge is -2.42. The molecular weight excluding hydrogens is 376 g/mol. The van der Waals surface area contributed by atoms with Crippen molar-refractivity contribution in [2.45, 2.75) is 31.3 Å². The number of hydrogen-bond acceptors (Lipinski definition) is 2. The van der Waals surface area contributed by atoms with E-state index < -0.39 is 0 Å². The molecule has 0 bridgehead atoms. The summed E-state index contributed by atoms with van der Waals surface area (Å²) in [6, 6.07) is 19.3. The van der Waals surface area contributed by atoms with Crippen molar-refractivity contribution in [1.29, 1.82) is 0 Å². The topological polar surface area (TPSA) is 23.6 Å². The number of amides is 1. The van der Waals surface area contributed by atoms with E-state index in [9.17, 15) is 4.79 Å². The highest BCUT2D eigenvalue weighted by atomic mass is 79.9. The van der Waals surface area contributed by atoms with Gasteiger partial charge in [0.25, 0.3) is 5.91 Å². The van der Waals surface area contributed by atoms with Crippen molar-refractivity contribution in [3.63, 3.8) is 0 Å². The molecule has 1 amide bonds. The Hall–Kier alpha value is -1.65. The number of benzene rings is 2. The van der Waals surface area contributed by atoms with Gasteiger partial charge in [-0.15, -0.1) is 0 Å². The monoisotopic (exact) mass is 398 g/mol. The molecule has 1 saturated carbocycles. The lowest BCUT2D eigenvalue weighted by atomic mass is 10.0. The molecule has 1 heterocycles. The Morgan fingerprint density at radius 3 is 2.40 bits per heavy atom. The molecule has 1 aliphatic carbocycles. The lowest BCUT2D eigenvalue weighted by molar-refractivity contribution is 0.0437. The summed E-state index contributed by atoms with van der Waals surface area (Å²) < 4.78 is 1.00. The standard InChI is InChI=1S/C21H23BrN2O/c22-18-8-6-17(7-9-18)21(25)24-13-12-23(19-10-11-19)15-20(24)14-16-4-2-1-3-5-16/h1-9,19-20H,10-15H2. The Balaban J connectivity index is 1.54. The van der Waals surface area contributed by atoms with Gasteiger partial charge in [0, 0.05) is 41.8 Å². The molecule has 2 fully saturated rings. The van der Waals surface area contributed by atoms with Crippen LogP contribution in [-0.4, -0.2) is 47.4 Å². The van der Waals surface area contributed by atoms with Crippen LogP contribution in [0.3, 0.4) is 0 Å². The van der Waals surface area contributed by atoms with E-state index in [0.717, 1.165) is 42.1 Å². The van der Waals surface area contributed by atoms with Crippen molar-refractivity contribution in [3.05, 3.63) is 70.2 Å². The molecule has 0 aromatic heterocycles. The highest BCUT2D eigenvalue weighted by Crippen LogP contribution is 2.30. The molecular formula is C21H23BrN2O. The van der Waals surface area contributed by atoms with Crippen LogP contribution in [0.15, 0.2) is 59.1 Å². The minimum atomic E-state index is 0.156. The van der Waals surface area contributed by atoms with Gasteiger partial charge in [-0.05, 0) is 49.1 Å². The molecule has 0 radical (unpaired) electrons.